The monoisotopic (exact) mass is 418 g/mol. The first-order valence-corrected chi connectivity index (χ1v) is 8.58. The van der Waals surface area contributed by atoms with Gasteiger partial charge in [0.15, 0.2) is 0 Å². The average Bonchev–Trinajstić information content (AvgIpc) is 2.56. The van der Waals surface area contributed by atoms with Crippen molar-refractivity contribution in [1.29, 1.82) is 0 Å². The molecule has 0 saturated heterocycles. The zero-order chi connectivity index (χ0) is 16.0. The second-order valence-corrected chi connectivity index (χ2v) is 6.96. The highest BCUT2D eigenvalue weighted by Crippen LogP contribution is 2.39. The quantitative estimate of drug-likeness (QED) is 0.619. The summed E-state index contributed by atoms with van der Waals surface area (Å²) in [6, 6.07) is 13.4. The maximum absolute atomic E-state index is 12.2. The number of aromatic hydroxyl groups is 1. The Morgan fingerprint density at radius 3 is 2.78 bits per heavy atom. The Labute approximate surface area is 147 Å². The summed E-state index contributed by atoms with van der Waals surface area (Å²) in [4.78, 5) is 12.2. The molecule has 1 aliphatic heterocycles. The molecular weight excluding hydrogens is 403 g/mol. The molecule has 2 aliphatic rings. The summed E-state index contributed by atoms with van der Waals surface area (Å²) in [5.74, 6) is 0.262. The average molecular weight is 418 g/mol. The van der Waals surface area contributed by atoms with Gasteiger partial charge in [0.25, 0.3) is 0 Å². The Morgan fingerprint density at radius 2 is 1.96 bits per heavy atom. The van der Waals surface area contributed by atoms with Gasteiger partial charge in [0.1, 0.15) is 5.75 Å². The molecule has 4 rings (SSSR count). The van der Waals surface area contributed by atoms with Crippen molar-refractivity contribution >= 4 is 34.3 Å². The van der Waals surface area contributed by atoms with E-state index in [1.54, 1.807) is 6.07 Å². The molecular formula is C18H15IN2O2. The fourth-order valence-corrected chi connectivity index (χ4v) is 3.88. The van der Waals surface area contributed by atoms with Gasteiger partial charge in [-0.15, -0.1) is 0 Å². The van der Waals surface area contributed by atoms with Gasteiger partial charge in [-0.3, -0.25) is 0 Å². The molecule has 2 aromatic rings. The molecule has 0 fully saturated rings. The van der Waals surface area contributed by atoms with Gasteiger partial charge in [-0.1, -0.05) is 30.3 Å². The SMILES string of the molecule is O=C1NC2=C(CCc3ccccc32)[C@H](c2ccc(O)c(I)c2)N1. The molecule has 4 nitrogen and oxygen atoms in total. The van der Waals surface area contributed by atoms with E-state index in [-0.39, 0.29) is 17.8 Å². The van der Waals surface area contributed by atoms with Crippen molar-refractivity contribution in [3.8, 4) is 5.75 Å². The number of urea groups is 1. The van der Waals surface area contributed by atoms with E-state index in [0.29, 0.717) is 0 Å². The standard InChI is InChI=1S/C18H15IN2O2/c19-14-9-11(6-8-15(14)22)16-13-7-5-10-3-1-2-4-12(10)17(13)21-18(23)20-16/h1-4,6,8-9,16,22H,5,7H2,(H2,20,21,23)/t16-/m0/s1. The number of phenols is 1. The maximum Gasteiger partial charge on any atom is 0.319 e. The number of carbonyl (C=O) groups excluding carboxylic acids is 1. The number of hydrogen-bond acceptors (Lipinski definition) is 2. The predicted octanol–water partition coefficient (Wildman–Crippen LogP) is 3.71. The van der Waals surface area contributed by atoms with Crippen LogP contribution in [0.4, 0.5) is 4.79 Å². The fraction of sp³-hybridized carbons (Fsp3) is 0.167. The summed E-state index contributed by atoms with van der Waals surface area (Å²) in [7, 11) is 0. The van der Waals surface area contributed by atoms with Gasteiger partial charge < -0.3 is 15.7 Å². The summed E-state index contributed by atoms with van der Waals surface area (Å²) in [6.45, 7) is 0. The third-order valence-corrected chi connectivity index (χ3v) is 5.30. The first-order chi connectivity index (χ1) is 11.1. The summed E-state index contributed by atoms with van der Waals surface area (Å²) in [6.07, 6.45) is 1.87. The summed E-state index contributed by atoms with van der Waals surface area (Å²) < 4.78 is 0.784. The molecule has 1 heterocycles. The first kappa shape index (κ1) is 14.6. The van der Waals surface area contributed by atoms with E-state index in [1.165, 1.54) is 11.1 Å². The zero-order valence-corrected chi connectivity index (χ0v) is 14.4. The molecule has 1 atom stereocenters. The van der Waals surface area contributed by atoms with Crippen LogP contribution in [0.25, 0.3) is 5.70 Å². The van der Waals surface area contributed by atoms with Crippen molar-refractivity contribution < 1.29 is 9.90 Å². The Balaban J connectivity index is 1.85. The number of phenolic OH excluding ortho intramolecular Hbond substituents is 1. The van der Waals surface area contributed by atoms with Crippen LogP contribution in [0.1, 0.15) is 29.2 Å². The van der Waals surface area contributed by atoms with Gasteiger partial charge in [-0.05, 0) is 64.3 Å². The minimum atomic E-state index is -0.187. The van der Waals surface area contributed by atoms with Gasteiger partial charge in [-0.25, -0.2) is 4.79 Å². The topological polar surface area (TPSA) is 61.4 Å². The second kappa shape index (κ2) is 5.56. The van der Waals surface area contributed by atoms with Crippen LogP contribution in [0, 0.1) is 3.57 Å². The molecule has 116 valence electrons. The van der Waals surface area contributed by atoms with Crippen LogP contribution in [-0.2, 0) is 6.42 Å². The molecule has 0 radical (unpaired) electrons. The number of halogens is 1. The third kappa shape index (κ3) is 2.49. The molecule has 0 aromatic heterocycles. The van der Waals surface area contributed by atoms with Crippen molar-refractivity contribution in [2.75, 3.05) is 0 Å². The van der Waals surface area contributed by atoms with E-state index in [9.17, 15) is 9.90 Å². The first-order valence-electron chi connectivity index (χ1n) is 7.51. The van der Waals surface area contributed by atoms with E-state index < -0.39 is 0 Å². The number of hydrogen-bond donors (Lipinski definition) is 3. The Hall–Kier alpha value is -2.02. The van der Waals surface area contributed by atoms with Crippen molar-refractivity contribution in [3.05, 3.63) is 68.3 Å². The van der Waals surface area contributed by atoms with Crippen LogP contribution in [0.15, 0.2) is 48.0 Å². The molecule has 0 saturated carbocycles. The minimum Gasteiger partial charge on any atom is -0.507 e. The van der Waals surface area contributed by atoms with Gasteiger partial charge in [-0.2, -0.15) is 0 Å². The summed E-state index contributed by atoms with van der Waals surface area (Å²) >= 11 is 2.10. The van der Waals surface area contributed by atoms with Crippen molar-refractivity contribution in [2.24, 2.45) is 0 Å². The lowest BCUT2D eigenvalue weighted by Gasteiger charge is -2.34. The maximum atomic E-state index is 12.2. The molecule has 5 heteroatoms. The van der Waals surface area contributed by atoms with Crippen LogP contribution in [0.2, 0.25) is 0 Å². The number of carbonyl (C=O) groups is 1. The smallest absolute Gasteiger partial charge is 0.319 e. The Kier molecular flexibility index (Phi) is 3.52. The van der Waals surface area contributed by atoms with Crippen LogP contribution < -0.4 is 10.6 Å². The van der Waals surface area contributed by atoms with Crippen LogP contribution in [-0.4, -0.2) is 11.1 Å². The Bertz CT molecular complexity index is 845. The number of amides is 2. The highest BCUT2D eigenvalue weighted by atomic mass is 127. The highest BCUT2D eigenvalue weighted by molar-refractivity contribution is 14.1. The lowest BCUT2D eigenvalue weighted by molar-refractivity contribution is 0.240. The van der Waals surface area contributed by atoms with Crippen molar-refractivity contribution in [2.45, 2.75) is 18.9 Å². The molecule has 2 aromatic carbocycles. The normalized spacial score (nSPS) is 19.5. The van der Waals surface area contributed by atoms with Gasteiger partial charge in [0.2, 0.25) is 0 Å². The van der Waals surface area contributed by atoms with Crippen LogP contribution >= 0.6 is 22.6 Å². The number of benzene rings is 2. The third-order valence-electron chi connectivity index (χ3n) is 4.44. The molecule has 23 heavy (non-hydrogen) atoms. The number of aryl methyl sites for hydroxylation is 1. The van der Waals surface area contributed by atoms with Gasteiger partial charge in [0, 0.05) is 5.56 Å². The van der Waals surface area contributed by atoms with E-state index in [4.69, 9.17) is 0 Å². The molecule has 1 aliphatic carbocycles. The van der Waals surface area contributed by atoms with Gasteiger partial charge in [0.05, 0.1) is 15.3 Å². The van der Waals surface area contributed by atoms with Crippen LogP contribution in [0.3, 0.4) is 0 Å². The van der Waals surface area contributed by atoms with E-state index in [0.717, 1.165) is 33.2 Å². The number of nitrogens with one attached hydrogen (secondary N) is 2. The minimum absolute atomic E-state index is 0.152. The van der Waals surface area contributed by atoms with E-state index in [1.807, 2.05) is 24.3 Å². The zero-order valence-electron chi connectivity index (χ0n) is 12.3. The largest absolute Gasteiger partial charge is 0.507 e. The van der Waals surface area contributed by atoms with Crippen LogP contribution in [0.5, 0.6) is 5.75 Å². The predicted molar refractivity (Wildman–Crippen MR) is 96.9 cm³/mol. The molecule has 3 N–H and O–H groups in total. The Morgan fingerprint density at radius 1 is 1.13 bits per heavy atom. The molecule has 0 unspecified atom stereocenters. The lowest BCUT2D eigenvalue weighted by Crippen LogP contribution is -2.44. The van der Waals surface area contributed by atoms with Crippen molar-refractivity contribution in [1.82, 2.24) is 10.6 Å². The van der Waals surface area contributed by atoms with E-state index >= 15 is 0 Å². The van der Waals surface area contributed by atoms with Gasteiger partial charge >= 0.3 is 6.03 Å². The number of fused-ring (bicyclic) bond motifs is 2. The number of rotatable bonds is 1. The second-order valence-electron chi connectivity index (χ2n) is 5.80. The summed E-state index contributed by atoms with van der Waals surface area (Å²) in [5, 5.41) is 15.7. The highest BCUT2D eigenvalue weighted by Gasteiger charge is 2.32. The molecule has 0 spiro atoms. The molecule has 2 amide bonds. The fourth-order valence-electron chi connectivity index (χ4n) is 3.34. The summed E-state index contributed by atoms with van der Waals surface area (Å²) in [5.41, 5.74) is 5.51. The lowest BCUT2D eigenvalue weighted by atomic mass is 9.83. The molecule has 0 bridgehead atoms. The van der Waals surface area contributed by atoms with E-state index in [2.05, 4.69) is 45.4 Å². The van der Waals surface area contributed by atoms with Crippen molar-refractivity contribution in [3.63, 3.8) is 0 Å².